The molecule has 1 unspecified atom stereocenters. The van der Waals surface area contributed by atoms with Gasteiger partial charge in [0, 0.05) is 42.7 Å². The number of H-pyrrole nitrogens is 1. The molecule has 2 N–H and O–H groups in total. The number of carbonyl (C=O) groups is 1. The van der Waals surface area contributed by atoms with Crippen molar-refractivity contribution in [3.05, 3.63) is 59.1 Å². The number of anilines is 2. The molecule has 1 aromatic carbocycles. The number of hydrogen-bond acceptors (Lipinski definition) is 8. The molecule has 5 aromatic rings. The van der Waals surface area contributed by atoms with Gasteiger partial charge in [-0.1, -0.05) is 0 Å². The second-order valence-electron chi connectivity index (χ2n) is 8.75. The summed E-state index contributed by atoms with van der Waals surface area (Å²) in [6, 6.07) is 7.94. The van der Waals surface area contributed by atoms with Crippen molar-refractivity contribution < 1.29 is 9.53 Å². The molecule has 1 atom stereocenters. The van der Waals surface area contributed by atoms with Crippen LogP contribution in [0.15, 0.2) is 43.0 Å². The van der Waals surface area contributed by atoms with E-state index in [0.29, 0.717) is 13.0 Å². The van der Waals surface area contributed by atoms with E-state index in [-0.39, 0.29) is 12.2 Å². The van der Waals surface area contributed by atoms with E-state index in [9.17, 15) is 4.79 Å². The Hall–Kier alpha value is -3.99. The molecule has 0 fully saturated rings. The van der Waals surface area contributed by atoms with E-state index < -0.39 is 0 Å². The average Bonchev–Trinajstić information content (AvgIpc) is 3.57. The lowest BCUT2D eigenvalue weighted by Gasteiger charge is -2.25. The zero-order valence-electron chi connectivity index (χ0n) is 19.4. The van der Waals surface area contributed by atoms with Crippen molar-refractivity contribution >= 4 is 50.1 Å². The predicted octanol–water partition coefficient (Wildman–Crippen LogP) is 4.17. The Morgan fingerprint density at radius 3 is 3.11 bits per heavy atom. The van der Waals surface area contributed by atoms with Gasteiger partial charge in [0.05, 0.1) is 29.3 Å². The Morgan fingerprint density at radius 2 is 2.26 bits per heavy atom. The first-order valence-corrected chi connectivity index (χ1v) is 12.2. The van der Waals surface area contributed by atoms with Crippen molar-refractivity contribution in [1.29, 1.82) is 0 Å². The predicted molar refractivity (Wildman–Crippen MR) is 134 cm³/mol. The van der Waals surface area contributed by atoms with Crippen molar-refractivity contribution in [1.82, 2.24) is 34.8 Å². The van der Waals surface area contributed by atoms with Crippen LogP contribution in [0, 0.1) is 0 Å². The summed E-state index contributed by atoms with van der Waals surface area (Å²) < 4.78 is 7.61. The maximum Gasteiger partial charge on any atom is 0.410 e. The molecule has 4 heterocycles. The van der Waals surface area contributed by atoms with Crippen LogP contribution in [0.1, 0.15) is 22.6 Å². The summed E-state index contributed by atoms with van der Waals surface area (Å²) in [6.07, 6.45) is 6.89. The van der Waals surface area contributed by atoms with E-state index in [0.717, 1.165) is 51.2 Å². The Labute approximate surface area is 204 Å². The van der Waals surface area contributed by atoms with Gasteiger partial charge in [0.25, 0.3) is 0 Å². The molecule has 11 heteroatoms. The van der Waals surface area contributed by atoms with Gasteiger partial charge >= 0.3 is 6.09 Å². The smallest absolute Gasteiger partial charge is 0.410 e. The minimum atomic E-state index is -0.322. The van der Waals surface area contributed by atoms with Gasteiger partial charge in [-0.25, -0.2) is 14.8 Å². The zero-order valence-corrected chi connectivity index (χ0v) is 20.2. The molecule has 0 saturated carbocycles. The standard InChI is InChI=1S/C24H24N8O2S/c1-31(12-16-7-8-28-32(16)2)24(33)34-17-4-5-18-20(10-17)35-23-21(18)22(25-13-26-23)29-15-3-6-19-14(9-15)11-27-30-19/h3,6-9,11,13,17H,4-5,10,12H2,1-2H3,(H,27,30)(H,25,26,29). The summed E-state index contributed by atoms with van der Waals surface area (Å²) >= 11 is 1.65. The molecule has 1 amide bonds. The van der Waals surface area contributed by atoms with Crippen LogP contribution in [-0.2, 0) is 31.2 Å². The van der Waals surface area contributed by atoms with Gasteiger partial charge in [-0.2, -0.15) is 10.2 Å². The third-order valence-electron chi connectivity index (χ3n) is 6.40. The molecule has 0 aliphatic heterocycles. The first-order chi connectivity index (χ1) is 17.0. The maximum atomic E-state index is 12.7. The largest absolute Gasteiger partial charge is 0.446 e. The lowest BCUT2D eigenvalue weighted by Crippen LogP contribution is -2.33. The van der Waals surface area contributed by atoms with E-state index >= 15 is 0 Å². The van der Waals surface area contributed by atoms with Gasteiger partial charge in [0.1, 0.15) is 23.1 Å². The summed E-state index contributed by atoms with van der Waals surface area (Å²) in [4.78, 5) is 25.5. The van der Waals surface area contributed by atoms with Gasteiger partial charge in [-0.05, 0) is 42.7 Å². The molecule has 10 nitrogen and oxygen atoms in total. The number of aryl methyl sites for hydroxylation is 2. The summed E-state index contributed by atoms with van der Waals surface area (Å²) in [6.45, 7) is 0.450. The second-order valence-corrected chi connectivity index (χ2v) is 9.84. The van der Waals surface area contributed by atoms with Gasteiger partial charge in [-0.15, -0.1) is 11.3 Å². The first kappa shape index (κ1) is 21.5. The van der Waals surface area contributed by atoms with Crippen LogP contribution in [0.25, 0.3) is 21.1 Å². The Bertz CT molecular complexity index is 1540. The number of aromatic amines is 1. The Balaban J connectivity index is 1.19. The summed E-state index contributed by atoms with van der Waals surface area (Å²) in [5, 5.41) is 16.8. The number of hydrogen-bond donors (Lipinski definition) is 2. The number of aromatic nitrogens is 6. The Kier molecular flexibility index (Phi) is 5.33. The molecular formula is C24H24N8O2S. The fraction of sp³-hybridized carbons (Fsp3) is 0.292. The van der Waals surface area contributed by atoms with Gasteiger partial charge in [-0.3, -0.25) is 9.78 Å². The summed E-state index contributed by atoms with van der Waals surface area (Å²) in [5.41, 5.74) is 4.12. The highest BCUT2D eigenvalue weighted by Crippen LogP contribution is 2.39. The molecular weight excluding hydrogens is 464 g/mol. The van der Waals surface area contributed by atoms with Gasteiger partial charge in [0.2, 0.25) is 0 Å². The fourth-order valence-electron chi connectivity index (χ4n) is 4.53. The number of nitrogens with zero attached hydrogens (tertiary/aromatic N) is 6. The molecule has 0 radical (unpaired) electrons. The number of benzene rings is 1. The normalized spacial score (nSPS) is 15.3. The number of ether oxygens (including phenoxy) is 1. The molecule has 6 rings (SSSR count). The highest BCUT2D eigenvalue weighted by atomic mass is 32.1. The maximum absolute atomic E-state index is 12.7. The van der Waals surface area contributed by atoms with E-state index in [4.69, 9.17) is 4.74 Å². The average molecular weight is 489 g/mol. The molecule has 0 spiro atoms. The number of rotatable bonds is 5. The highest BCUT2D eigenvalue weighted by Gasteiger charge is 2.28. The number of amides is 1. The number of thiophene rings is 1. The summed E-state index contributed by atoms with van der Waals surface area (Å²) in [7, 11) is 3.61. The molecule has 0 bridgehead atoms. The molecule has 1 aliphatic carbocycles. The van der Waals surface area contributed by atoms with E-state index in [1.54, 1.807) is 46.7 Å². The van der Waals surface area contributed by atoms with Crippen LogP contribution in [0.4, 0.5) is 16.3 Å². The minimum absolute atomic E-state index is 0.162. The van der Waals surface area contributed by atoms with Crippen LogP contribution < -0.4 is 5.32 Å². The lowest BCUT2D eigenvalue weighted by molar-refractivity contribution is 0.0611. The van der Waals surface area contributed by atoms with Crippen molar-refractivity contribution in [3.8, 4) is 0 Å². The number of carbonyl (C=O) groups excluding carboxylic acids is 1. The number of fused-ring (bicyclic) bond motifs is 4. The van der Waals surface area contributed by atoms with Crippen LogP contribution in [0.3, 0.4) is 0 Å². The quantitative estimate of drug-likeness (QED) is 0.382. The Morgan fingerprint density at radius 1 is 1.34 bits per heavy atom. The molecule has 4 aromatic heterocycles. The summed E-state index contributed by atoms with van der Waals surface area (Å²) in [5.74, 6) is 0.793. The zero-order chi connectivity index (χ0) is 23.9. The molecule has 1 aliphatic rings. The number of nitrogens with one attached hydrogen (secondary N) is 2. The van der Waals surface area contributed by atoms with Crippen LogP contribution in [-0.4, -0.2) is 54.1 Å². The third kappa shape index (κ3) is 4.08. The van der Waals surface area contributed by atoms with Gasteiger partial charge < -0.3 is 15.0 Å². The van der Waals surface area contributed by atoms with Crippen molar-refractivity contribution in [2.75, 3.05) is 12.4 Å². The lowest BCUT2D eigenvalue weighted by atomic mass is 9.94. The van der Waals surface area contributed by atoms with Crippen LogP contribution in [0.2, 0.25) is 0 Å². The SMILES string of the molecule is CN(Cc1ccnn1C)C(=O)OC1CCc2c(sc3ncnc(Nc4ccc5[nH]ncc5c4)c23)C1. The molecule has 0 saturated heterocycles. The van der Waals surface area contributed by atoms with Crippen LogP contribution in [0.5, 0.6) is 0 Å². The fourth-order valence-corrected chi connectivity index (χ4v) is 5.78. The second kappa shape index (κ2) is 8.66. The minimum Gasteiger partial charge on any atom is -0.446 e. The van der Waals surface area contributed by atoms with Gasteiger partial charge in [0.15, 0.2) is 0 Å². The molecule has 35 heavy (non-hydrogen) atoms. The molecule has 178 valence electrons. The van der Waals surface area contributed by atoms with E-state index in [1.807, 2.05) is 31.3 Å². The third-order valence-corrected chi connectivity index (χ3v) is 7.57. The van der Waals surface area contributed by atoms with E-state index in [1.165, 1.54) is 10.4 Å². The topological polar surface area (TPSA) is 114 Å². The monoisotopic (exact) mass is 488 g/mol. The van der Waals surface area contributed by atoms with E-state index in [2.05, 4.69) is 30.6 Å². The first-order valence-electron chi connectivity index (χ1n) is 11.4. The highest BCUT2D eigenvalue weighted by molar-refractivity contribution is 7.19. The van der Waals surface area contributed by atoms with Crippen molar-refractivity contribution in [2.24, 2.45) is 7.05 Å². The van der Waals surface area contributed by atoms with Crippen LogP contribution >= 0.6 is 11.3 Å². The van der Waals surface area contributed by atoms with Crippen molar-refractivity contribution in [2.45, 2.75) is 31.9 Å². The van der Waals surface area contributed by atoms with Crippen molar-refractivity contribution in [3.63, 3.8) is 0 Å².